The molecule has 2 aromatic rings. The van der Waals surface area contributed by atoms with E-state index in [2.05, 4.69) is 26.2 Å². The molecular formula is C13H11BrN2O2. The Morgan fingerprint density at radius 1 is 1.28 bits per heavy atom. The van der Waals surface area contributed by atoms with Crippen molar-refractivity contribution >= 4 is 27.5 Å². The van der Waals surface area contributed by atoms with Crippen LogP contribution >= 0.6 is 15.9 Å². The fourth-order valence-electron chi connectivity index (χ4n) is 1.49. The molecule has 0 bridgehead atoms. The van der Waals surface area contributed by atoms with E-state index >= 15 is 0 Å². The zero-order chi connectivity index (χ0) is 13.1. The van der Waals surface area contributed by atoms with Crippen LogP contribution in [0.5, 0.6) is 0 Å². The van der Waals surface area contributed by atoms with E-state index in [4.69, 9.17) is 0 Å². The summed E-state index contributed by atoms with van der Waals surface area (Å²) < 4.78 is 0.800. The maximum atomic E-state index is 11.9. The lowest BCUT2D eigenvalue weighted by Gasteiger charge is -2.07. The zero-order valence-corrected chi connectivity index (χ0v) is 11.2. The molecule has 0 unspecified atom stereocenters. The standard InChI is InChI=1S/C13H11BrN2O2/c1-8-2-3-11(10(14)6-8)16-13(18)12-7-9(17)4-5-15-12/h2-7H,1H3,(H,15,17)(H,16,18). The highest BCUT2D eigenvalue weighted by atomic mass is 79.9. The second-order valence-electron chi connectivity index (χ2n) is 3.88. The monoisotopic (exact) mass is 306 g/mol. The Labute approximate surface area is 112 Å². The molecule has 0 aliphatic heterocycles. The van der Waals surface area contributed by atoms with Crippen LogP contribution in [0.15, 0.2) is 45.8 Å². The van der Waals surface area contributed by atoms with Gasteiger partial charge in [-0.3, -0.25) is 9.59 Å². The molecule has 1 amide bonds. The number of pyridine rings is 1. The van der Waals surface area contributed by atoms with Crippen molar-refractivity contribution in [3.63, 3.8) is 0 Å². The van der Waals surface area contributed by atoms with Gasteiger partial charge in [0.05, 0.1) is 5.69 Å². The Kier molecular flexibility index (Phi) is 3.62. The van der Waals surface area contributed by atoms with Gasteiger partial charge in [0.2, 0.25) is 0 Å². The van der Waals surface area contributed by atoms with Crippen LogP contribution in [0.25, 0.3) is 0 Å². The summed E-state index contributed by atoms with van der Waals surface area (Å²) in [5, 5.41) is 2.72. The van der Waals surface area contributed by atoms with E-state index in [0.29, 0.717) is 5.69 Å². The summed E-state index contributed by atoms with van der Waals surface area (Å²) in [5.41, 5.74) is 1.78. The van der Waals surface area contributed by atoms with Crippen LogP contribution in [0, 0.1) is 6.92 Å². The Balaban J connectivity index is 2.24. The quantitative estimate of drug-likeness (QED) is 0.896. The van der Waals surface area contributed by atoms with Crippen LogP contribution in [0.1, 0.15) is 16.1 Å². The predicted octanol–water partition coefficient (Wildman–Crippen LogP) is 2.70. The molecule has 0 aliphatic rings. The summed E-state index contributed by atoms with van der Waals surface area (Å²) in [6.45, 7) is 1.96. The van der Waals surface area contributed by atoms with Crippen molar-refractivity contribution in [1.29, 1.82) is 0 Å². The number of aryl methyl sites for hydroxylation is 1. The van der Waals surface area contributed by atoms with Crippen molar-refractivity contribution in [3.05, 3.63) is 62.5 Å². The Morgan fingerprint density at radius 2 is 2.06 bits per heavy atom. The van der Waals surface area contributed by atoms with Crippen molar-refractivity contribution < 1.29 is 4.79 Å². The molecule has 18 heavy (non-hydrogen) atoms. The number of aromatic amines is 1. The summed E-state index contributed by atoms with van der Waals surface area (Å²) in [6.07, 6.45) is 1.45. The largest absolute Gasteiger partial charge is 0.357 e. The first kappa shape index (κ1) is 12.6. The van der Waals surface area contributed by atoms with E-state index in [1.807, 2.05) is 19.1 Å². The lowest BCUT2D eigenvalue weighted by atomic mass is 10.2. The molecule has 0 aliphatic carbocycles. The van der Waals surface area contributed by atoms with Crippen LogP contribution in [-0.2, 0) is 0 Å². The molecule has 0 atom stereocenters. The lowest BCUT2D eigenvalue weighted by Crippen LogP contribution is -2.16. The number of amides is 1. The molecule has 0 fully saturated rings. The van der Waals surface area contributed by atoms with Gasteiger partial charge in [0.1, 0.15) is 5.69 Å². The average molecular weight is 307 g/mol. The number of H-pyrrole nitrogens is 1. The van der Waals surface area contributed by atoms with Gasteiger partial charge in [0.15, 0.2) is 5.43 Å². The topological polar surface area (TPSA) is 62.0 Å². The number of carbonyl (C=O) groups excluding carboxylic acids is 1. The number of aromatic nitrogens is 1. The van der Waals surface area contributed by atoms with E-state index in [-0.39, 0.29) is 17.0 Å². The molecular weight excluding hydrogens is 296 g/mol. The van der Waals surface area contributed by atoms with E-state index in [1.165, 1.54) is 18.3 Å². The summed E-state index contributed by atoms with van der Waals surface area (Å²) in [6, 6.07) is 8.23. The minimum atomic E-state index is -0.350. The molecule has 0 saturated carbocycles. The number of halogens is 1. The number of rotatable bonds is 2. The van der Waals surface area contributed by atoms with Gasteiger partial charge >= 0.3 is 0 Å². The molecule has 1 aromatic heterocycles. The fraction of sp³-hybridized carbons (Fsp3) is 0.0769. The predicted molar refractivity (Wildman–Crippen MR) is 73.9 cm³/mol. The number of anilines is 1. The number of carbonyl (C=O) groups is 1. The normalized spacial score (nSPS) is 10.1. The second kappa shape index (κ2) is 5.18. The third kappa shape index (κ3) is 2.87. The number of hydrogen-bond donors (Lipinski definition) is 2. The van der Waals surface area contributed by atoms with Gasteiger partial charge in [-0.1, -0.05) is 6.07 Å². The second-order valence-corrected chi connectivity index (χ2v) is 4.73. The molecule has 4 nitrogen and oxygen atoms in total. The minimum Gasteiger partial charge on any atom is -0.357 e. The van der Waals surface area contributed by atoms with E-state index in [9.17, 15) is 9.59 Å². The number of nitrogens with one attached hydrogen (secondary N) is 2. The lowest BCUT2D eigenvalue weighted by molar-refractivity contribution is 0.102. The molecule has 2 N–H and O–H groups in total. The summed E-state index contributed by atoms with van der Waals surface area (Å²) in [5.74, 6) is -0.350. The van der Waals surface area contributed by atoms with E-state index in [0.717, 1.165) is 10.0 Å². The van der Waals surface area contributed by atoms with Gasteiger partial charge in [-0.2, -0.15) is 0 Å². The molecule has 0 spiro atoms. The third-order valence-corrected chi connectivity index (χ3v) is 3.05. The maximum absolute atomic E-state index is 11.9. The molecule has 2 rings (SSSR count). The highest BCUT2D eigenvalue weighted by Gasteiger charge is 2.08. The van der Waals surface area contributed by atoms with Gasteiger partial charge in [0.25, 0.3) is 5.91 Å². The van der Waals surface area contributed by atoms with Crippen molar-refractivity contribution in [3.8, 4) is 0 Å². The van der Waals surface area contributed by atoms with Gasteiger partial charge < -0.3 is 10.3 Å². The van der Waals surface area contributed by atoms with Gasteiger partial charge in [0, 0.05) is 22.8 Å². The molecule has 0 radical (unpaired) electrons. The first-order chi connectivity index (χ1) is 8.56. The molecule has 5 heteroatoms. The van der Waals surface area contributed by atoms with Crippen molar-refractivity contribution in [2.24, 2.45) is 0 Å². The average Bonchev–Trinajstić information content (AvgIpc) is 2.32. The number of benzene rings is 1. The molecule has 1 aromatic carbocycles. The van der Waals surface area contributed by atoms with Crippen LogP contribution in [0.2, 0.25) is 0 Å². The molecule has 1 heterocycles. The van der Waals surface area contributed by atoms with Crippen molar-refractivity contribution in [1.82, 2.24) is 4.98 Å². The van der Waals surface area contributed by atoms with Crippen LogP contribution < -0.4 is 10.7 Å². The Hall–Kier alpha value is -1.88. The molecule has 92 valence electrons. The number of hydrogen-bond acceptors (Lipinski definition) is 2. The maximum Gasteiger partial charge on any atom is 0.272 e. The van der Waals surface area contributed by atoms with E-state index < -0.39 is 0 Å². The highest BCUT2D eigenvalue weighted by molar-refractivity contribution is 9.10. The first-order valence-electron chi connectivity index (χ1n) is 5.32. The Morgan fingerprint density at radius 3 is 2.72 bits per heavy atom. The summed E-state index contributed by atoms with van der Waals surface area (Å²) in [4.78, 5) is 25.8. The van der Waals surface area contributed by atoms with Gasteiger partial charge in [-0.25, -0.2) is 0 Å². The first-order valence-corrected chi connectivity index (χ1v) is 6.12. The van der Waals surface area contributed by atoms with Crippen molar-refractivity contribution in [2.75, 3.05) is 5.32 Å². The Bertz CT molecular complexity index is 649. The summed E-state index contributed by atoms with van der Waals surface area (Å²) >= 11 is 3.38. The smallest absolute Gasteiger partial charge is 0.272 e. The highest BCUT2D eigenvalue weighted by Crippen LogP contribution is 2.23. The fourth-order valence-corrected chi connectivity index (χ4v) is 2.08. The minimum absolute atomic E-state index is 0.207. The molecule has 0 saturated heterocycles. The summed E-state index contributed by atoms with van der Waals surface area (Å²) in [7, 11) is 0. The van der Waals surface area contributed by atoms with Crippen LogP contribution in [0.3, 0.4) is 0 Å². The SMILES string of the molecule is Cc1ccc(NC(=O)c2cc(=O)cc[nH]2)c(Br)c1. The van der Waals surface area contributed by atoms with Gasteiger partial charge in [-0.05, 0) is 40.5 Å². The van der Waals surface area contributed by atoms with Crippen LogP contribution in [-0.4, -0.2) is 10.9 Å². The van der Waals surface area contributed by atoms with Gasteiger partial charge in [-0.15, -0.1) is 0 Å². The van der Waals surface area contributed by atoms with Crippen LogP contribution in [0.4, 0.5) is 5.69 Å². The van der Waals surface area contributed by atoms with Crippen molar-refractivity contribution in [2.45, 2.75) is 6.92 Å². The van der Waals surface area contributed by atoms with E-state index in [1.54, 1.807) is 6.07 Å². The zero-order valence-electron chi connectivity index (χ0n) is 9.66. The third-order valence-electron chi connectivity index (χ3n) is 2.39.